The van der Waals surface area contributed by atoms with Crippen molar-refractivity contribution in [3.63, 3.8) is 0 Å². The average molecular weight is 304 g/mol. The number of nitrogens with zero attached hydrogens (tertiary/aromatic N) is 2. The maximum absolute atomic E-state index is 12.6. The molecule has 1 atom stereocenters. The summed E-state index contributed by atoms with van der Waals surface area (Å²) in [5, 5.41) is 8.98. The van der Waals surface area contributed by atoms with Crippen LogP contribution < -0.4 is 0 Å². The van der Waals surface area contributed by atoms with Crippen LogP contribution in [-0.4, -0.2) is 40.0 Å². The van der Waals surface area contributed by atoms with Gasteiger partial charge in [0.1, 0.15) is 11.4 Å². The van der Waals surface area contributed by atoms with E-state index in [9.17, 15) is 9.59 Å². The highest BCUT2D eigenvalue weighted by Gasteiger charge is 2.29. The van der Waals surface area contributed by atoms with Crippen LogP contribution in [0.15, 0.2) is 18.2 Å². The van der Waals surface area contributed by atoms with Crippen molar-refractivity contribution in [1.29, 1.82) is 0 Å². The van der Waals surface area contributed by atoms with Gasteiger partial charge in [0.25, 0.3) is 5.91 Å². The van der Waals surface area contributed by atoms with E-state index < -0.39 is 5.97 Å². The molecule has 0 aliphatic carbocycles. The number of amides is 1. The Morgan fingerprint density at radius 3 is 2.50 bits per heavy atom. The highest BCUT2D eigenvalue weighted by Crippen LogP contribution is 2.34. The number of likely N-dealkylation sites (tertiary alicyclic amines) is 1. The first-order chi connectivity index (χ1) is 10.3. The van der Waals surface area contributed by atoms with Crippen LogP contribution in [0.1, 0.15) is 61.0 Å². The Balaban J connectivity index is 2.10. The number of aromatic carboxylic acids is 1. The number of rotatable bonds is 2. The summed E-state index contributed by atoms with van der Waals surface area (Å²) >= 11 is 0. The van der Waals surface area contributed by atoms with E-state index in [0.717, 1.165) is 19.3 Å². The van der Waals surface area contributed by atoms with Gasteiger partial charge in [-0.05, 0) is 42.7 Å². The zero-order valence-corrected chi connectivity index (χ0v) is 13.5. The minimum Gasteiger partial charge on any atom is -0.477 e. The molecule has 0 radical (unpaired) electrons. The van der Waals surface area contributed by atoms with Crippen LogP contribution in [0.5, 0.6) is 0 Å². The molecule has 5 heteroatoms. The van der Waals surface area contributed by atoms with E-state index in [2.05, 4.69) is 25.8 Å². The Kier molecular flexibility index (Phi) is 4.84. The molecule has 1 aliphatic heterocycles. The maximum atomic E-state index is 12.6. The third-order valence-corrected chi connectivity index (χ3v) is 4.43. The molecule has 22 heavy (non-hydrogen) atoms. The van der Waals surface area contributed by atoms with Gasteiger partial charge >= 0.3 is 5.97 Å². The van der Waals surface area contributed by atoms with E-state index in [1.54, 1.807) is 17.0 Å². The van der Waals surface area contributed by atoms with Crippen molar-refractivity contribution in [2.24, 2.45) is 11.3 Å². The van der Waals surface area contributed by atoms with Crippen LogP contribution in [0.3, 0.4) is 0 Å². The lowest BCUT2D eigenvalue weighted by atomic mass is 9.77. The summed E-state index contributed by atoms with van der Waals surface area (Å²) in [7, 11) is 0. The van der Waals surface area contributed by atoms with E-state index in [1.165, 1.54) is 6.07 Å². The Morgan fingerprint density at radius 2 is 1.86 bits per heavy atom. The normalized spacial score (nSPS) is 19.6. The van der Waals surface area contributed by atoms with Crippen LogP contribution >= 0.6 is 0 Å². The number of aromatic nitrogens is 1. The van der Waals surface area contributed by atoms with E-state index >= 15 is 0 Å². The maximum Gasteiger partial charge on any atom is 0.354 e. The first-order valence-corrected chi connectivity index (χ1v) is 7.78. The third-order valence-electron chi connectivity index (χ3n) is 4.43. The van der Waals surface area contributed by atoms with E-state index in [4.69, 9.17) is 5.11 Å². The van der Waals surface area contributed by atoms with Crippen molar-refractivity contribution in [2.45, 2.75) is 40.0 Å². The summed E-state index contributed by atoms with van der Waals surface area (Å²) in [5.41, 5.74) is 0.378. The van der Waals surface area contributed by atoms with Crippen LogP contribution in [0.4, 0.5) is 0 Å². The summed E-state index contributed by atoms with van der Waals surface area (Å²) in [4.78, 5) is 29.3. The zero-order chi connectivity index (χ0) is 16.3. The van der Waals surface area contributed by atoms with Crippen molar-refractivity contribution < 1.29 is 14.7 Å². The Hall–Kier alpha value is -1.91. The smallest absolute Gasteiger partial charge is 0.354 e. The summed E-state index contributed by atoms with van der Waals surface area (Å²) in [6, 6.07) is 4.55. The molecule has 2 rings (SSSR count). The average Bonchev–Trinajstić information content (AvgIpc) is 2.72. The van der Waals surface area contributed by atoms with E-state index in [-0.39, 0.29) is 22.7 Å². The molecule has 1 aromatic rings. The fourth-order valence-corrected chi connectivity index (χ4v) is 3.00. The lowest BCUT2D eigenvalue weighted by molar-refractivity contribution is 0.0689. The number of hydrogen-bond acceptors (Lipinski definition) is 3. The summed E-state index contributed by atoms with van der Waals surface area (Å²) in [6.07, 6.45) is 3.08. The van der Waals surface area contributed by atoms with Gasteiger partial charge in [-0.1, -0.05) is 26.8 Å². The summed E-state index contributed by atoms with van der Waals surface area (Å²) in [6.45, 7) is 8.15. The molecule has 0 saturated carbocycles. The molecule has 1 aromatic heterocycles. The fraction of sp³-hybridized carbons (Fsp3) is 0.588. The van der Waals surface area contributed by atoms with E-state index in [0.29, 0.717) is 19.0 Å². The minimum absolute atomic E-state index is 0.0896. The van der Waals surface area contributed by atoms with Crippen LogP contribution in [-0.2, 0) is 0 Å². The van der Waals surface area contributed by atoms with Gasteiger partial charge in [-0.25, -0.2) is 9.78 Å². The highest BCUT2D eigenvalue weighted by atomic mass is 16.4. The van der Waals surface area contributed by atoms with Crippen LogP contribution in [0.25, 0.3) is 0 Å². The first-order valence-electron chi connectivity index (χ1n) is 7.78. The molecule has 1 N–H and O–H groups in total. The molecule has 2 heterocycles. The van der Waals surface area contributed by atoms with Gasteiger partial charge in [0.2, 0.25) is 0 Å². The number of carboxylic acid groups (broad SMARTS) is 1. The fourth-order valence-electron chi connectivity index (χ4n) is 3.00. The third kappa shape index (κ3) is 3.84. The minimum atomic E-state index is -1.11. The Bertz CT molecular complexity index is 563. The van der Waals surface area contributed by atoms with Gasteiger partial charge in [-0.3, -0.25) is 4.79 Å². The Labute approximate surface area is 131 Å². The second-order valence-corrected chi connectivity index (χ2v) is 7.00. The van der Waals surface area contributed by atoms with Crippen molar-refractivity contribution >= 4 is 11.9 Å². The van der Waals surface area contributed by atoms with Gasteiger partial charge in [-0.15, -0.1) is 0 Å². The van der Waals surface area contributed by atoms with Crippen molar-refractivity contribution in [3.05, 3.63) is 29.6 Å². The highest BCUT2D eigenvalue weighted by molar-refractivity contribution is 5.94. The predicted octanol–water partition coefficient (Wildman–Crippen LogP) is 3.07. The summed E-state index contributed by atoms with van der Waals surface area (Å²) in [5.74, 6) is -0.681. The largest absolute Gasteiger partial charge is 0.477 e. The topological polar surface area (TPSA) is 70.5 Å². The van der Waals surface area contributed by atoms with Gasteiger partial charge < -0.3 is 10.0 Å². The summed E-state index contributed by atoms with van der Waals surface area (Å²) < 4.78 is 0. The molecular weight excluding hydrogens is 280 g/mol. The van der Waals surface area contributed by atoms with Gasteiger partial charge in [0, 0.05) is 13.1 Å². The number of carbonyl (C=O) groups excluding carboxylic acids is 1. The van der Waals surface area contributed by atoms with E-state index in [1.807, 2.05) is 0 Å². The monoisotopic (exact) mass is 304 g/mol. The first kappa shape index (κ1) is 16.5. The molecule has 1 saturated heterocycles. The zero-order valence-electron chi connectivity index (χ0n) is 13.5. The van der Waals surface area contributed by atoms with Gasteiger partial charge in [0.05, 0.1) is 0 Å². The number of pyridine rings is 1. The standard InChI is InChI=1S/C17H24N2O3/c1-17(2,3)12-6-5-10-19(11-9-12)15(20)13-7-4-8-14(18-13)16(21)22/h4,7-8,12H,5-6,9-11H2,1-3H3,(H,21,22). The SMILES string of the molecule is CC(C)(C)C1CCCN(C(=O)c2cccc(C(=O)O)n2)CC1. The molecule has 120 valence electrons. The number of carboxylic acids is 1. The molecular formula is C17H24N2O3. The molecule has 1 unspecified atom stereocenters. The predicted molar refractivity (Wildman–Crippen MR) is 83.9 cm³/mol. The molecule has 0 spiro atoms. The number of hydrogen-bond donors (Lipinski definition) is 1. The van der Waals surface area contributed by atoms with Gasteiger partial charge in [-0.2, -0.15) is 0 Å². The Morgan fingerprint density at radius 1 is 1.18 bits per heavy atom. The molecule has 5 nitrogen and oxygen atoms in total. The second-order valence-electron chi connectivity index (χ2n) is 7.00. The van der Waals surface area contributed by atoms with Crippen molar-refractivity contribution in [2.75, 3.05) is 13.1 Å². The molecule has 1 amide bonds. The van der Waals surface area contributed by atoms with Crippen molar-refractivity contribution in [3.8, 4) is 0 Å². The quantitative estimate of drug-likeness (QED) is 0.911. The van der Waals surface area contributed by atoms with Crippen molar-refractivity contribution in [1.82, 2.24) is 9.88 Å². The lowest BCUT2D eigenvalue weighted by Crippen LogP contribution is -2.33. The molecule has 1 aliphatic rings. The van der Waals surface area contributed by atoms with Crippen LogP contribution in [0.2, 0.25) is 0 Å². The molecule has 0 aromatic carbocycles. The molecule has 1 fully saturated rings. The second kappa shape index (κ2) is 6.46. The number of carbonyl (C=O) groups is 2. The lowest BCUT2D eigenvalue weighted by Gasteiger charge is -2.29. The van der Waals surface area contributed by atoms with Gasteiger partial charge in [0.15, 0.2) is 0 Å². The van der Waals surface area contributed by atoms with Crippen LogP contribution in [0, 0.1) is 11.3 Å². The molecule has 0 bridgehead atoms.